The topological polar surface area (TPSA) is 38.3 Å². The van der Waals surface area contributed by atoms with E-state index in [0.717, 1.165) is 19.4 Å². The standard InChI is InChI=1S/C7H15NO2.C2H6/c1-8-6-4-3-5-7(9)10-2;1-2/h8H,3-6H2,1-2H3;1-2H3. The molecule has 0 aromatic carbocycles. The molecule has 0 rings (SSSR count). The second-order valence-corrected chi connectivity index (χ2v) is 2.14. The van der Waals surface area contributed by atoms with E-state index in [-0.39, 0.29) is 5.97 Å². The van der Waals surface area contributed by atoms with Crippen LogP contribution in [0.3, 0.4) is 0 Å². The van der Waals surface area contributed by atoms with E-state index >= 15 is 0 Å². The van der Waals surface area contributed by atoms with Crippen molar-refractivity contribution in [2.24, 2.45) is 0 Å². The number of hydrogen-bond acceptors (Lipinski definition) is 3. The van der Waals surface area contributed by atoms with Gasteiger partial charge in [0, 0.05) is 6.42 Å². The van der Waals surface area contributed by atoms with Gasteiger partial charge in [0.2, 0.25) is 0 Å². The van der Waals surface area contributed by atoms with Gasteiger partial charge in [-0.3, -0.25) is 4.79 Å². The molecule has 0 fully saturated rings. The predicted octanol–water partition coefficient (Wildman–Crippen LogP) is 1.58. The van der Waals surface area contributed by atoms with Crippen LogP contribution in [0.1, 0.15) is 33.1 Å². The summed E-state index contributed by atoms with van der Waals surface area (Å²) in [7, 11) is 3.32. The molecule has 0 saturated heterocycles. The van der Waals surface area contributed by atoms with E-state index in [1.54, 1.807) is 0 Å². The van der Waals surface area contributed by atoms with Gasteiger partial charge in [-0.1, -0.05) is 13.8 Å². The van der Waals surface area contributed by atoms with Crippen LogP contribution in [0.4, 0.5) is 0 Å². The summed E-state index contributed by atoms with van der Waals surface area (Å²) in [5.74, 6) is -0.115. The predicted molar refractivity (Wildman–Crippen MR) is 51.1 cm³/mol. The SMILES string of the molecule is CC.CNCCCCC(=O)OC. The lowest BCUT2D eigenvalue weighted by Crippen LogP contribution is -2.08. The van der Waals surface area contributed by atoms with Gasteiger partial charge in [0.25, 0.3) is 0 Å². The zero-order valence-corrected chi connectivity index (χ0v) is 8.64. The molecular weight excluding hydrogens is 154 g/mol. The lowest BCUT2D eigenvalue weighted by Gasteiger charge is -1.98. The van der Waals surface area contributed by atoms with Gasteiger partial charge in [-0.25, -0.2) is 0 Å². The van der Waals surface area contributed by atoms with Crippen molar-refractivity contribution in [1.82, 2.24) is 5.32 Å². The lowest BCUT2D eigenvalue weighted by atomic mass is 10.2. The smallest absolute Gasteiger partial charge is 0.305 e. The molecule has 0 bridgehead atoms. The van der Waals surface area contributed by atoms with Gasteiger partial charge in [0.05, 0.1) is 7.11 Å². The molecule has 0 unspecified atom stereocenters. The maximum absolute atomic E-state index is 10.5. The van der Waals surface area contributed by atoms with Crippen molar-refractivity contribution >= 4 is 5.97 Å². The number of carbonyl (C=O) groups excluding carboxylic acids is 1. The first-order valence-electron chi connectivity index (χ1n) is 4.52. The first-order valence-corrected chi connectivity index (χ1v) is 4.52. The molecule has 1 N–H and O–H groups in total. The molecule has 0 aliphatic rings. The van der Waals surface area contributed by atoms with E-state index in [9.17, 15) is 4.79 Å². The molecule has 0 heterocycles. The molecule has 0 aromatic heterocycles. The van der Waals surface area contributed by atoms with Crippen molar-refractivity contribution in [3.8, 4) is 0 Å². The number of carbonyl (C=O) groups is 1. The fourth-order valence-electron chi connectivity index (χ4n) is 0.673. The fourth-order valence-corrected chi connectivity index (χ4v) is 0.673. The Balaban J connectivity index is 0. The first-order chi connectivity index (χ1) is 5.81. The molecule has 74 valence electrons. The molecule has 0 aliphatic heterocycles. The Morgan fingerprint density at radius 2 is 1.92 bits per heavy atom. The number of hydrogen-bond donors (Lipinski definition) is 1. The van der Waals surface area contributed by atoms with Gasteiger partial charge in [0.15, 0.2) is 0 Å². The molecule has 0 aliphatic carbocycles. The summed E-state index contributed by atoms with van der Waals surface area (Å²) in [6.45, 7) is 4.97. The van der Waals surface area contributed by atoms with Gasteiger partial charge in [-0.05, 0) is 26.4 Å². The number of unbranched alkanes of at least 4 members (excludes halogenated alkanes) is 1. The van der Waals surface area contributed by atoms with Gasteiger partial charge in [-0.15, -0.1) is 0 Å². The van der Waals surface area contributed by atoms with E-state index in [2.05, 4.69) is 10.1 Å². The van der Waals surface area contributed by atoms with E-state index in [1.807, 2.05) is 20.9 Å². The highest BCUT2D eigenvalue weighted by Gasteiger charge is 1.97. The molecular formula is C9H21NO2. The number of methoxy groups -OCH3 is 1. The zero-order chi connectivity index (χ0) is 9.82. The Kier molecular flexibility index (Phi) is 15.2. The van der Waals surface area contributed by atoms with Crippen LogP contribution in [-0.2, 0) is 9.53 Å². The van der Waals surface area contributed by atoms with Gasteiger partial charge in [-0.2, -0.15) is 0 Å². The van der Waals surface area contributed by atoms with Crippen molar-refractivity contribution in [3.05, 3.63) is 0 Å². The van der Waals surface area contributed by atoms with Gasteiger partial charge >= 0.3 is 5.97 Å². The summed E-state index contributed by atoms with van der Waals surface area (Å²) in [6.07, 6.45) is 2.48. The number of rotatable bonds is 5. The van der Waals surface area contributed by atoms with Crippen LogP contribution in [0.2, 0.25) is 0 Å². The Bertz CT molecular complexity index is 94.5. The summed E-state index contributed by atoms with van der Waals surface area (Å²) in [5.41, 5.74) is 0. The Morgan fingerprint density at radius 1 is 1.33 bits per heavy atom. The van der Waals surface area contributed by atoms with Crippen LogP contribution in [-0.4, -0.2) is 26.7 Å². The maximum atomic E-state index is 10.5. The number of esters is 1. The highest BCUT2D eigenvalue weighted by Crippen LogP contribution is 1.94. The number of ether oxygens (including phenoxy) is 1. The lowest BCUT2D eigenvalue weighted by molar-refractivity contribution is -0.140. The number of nitrogens with one attached hydrogen (secondary N) is 1. The molecule has 12 heavy (non-hydrogen) atoms. The molecule has 0 radical (unpaired) electrons. The Labute approximate surface area is 75.5 Å². The molecule has 0 spiro atoms. The van der Waals surface area contributed by atoms with Crippen LogP contribution in [0.25, 0.3) is 0 Å². The highest BCUT2D eigenvalue weighted by atomic mass is 16.5. The summed E-state index contributed by atoms with van der Waals surface area (Å²) >= 11 is 0. The van der Waals surface area contributed by atoms with Crippen molar-refractivity contribution in [2.75, 3.05) is 20.7 Å². The largest absolute Gasteiger partial charge is 0.469 e. The Hall–Kier alpha value is -0.570. The highest BCUT2D eigenvalue weighted by molar-refractivity contribution is 5.68. The quantitative estimate of drug-likeness (QED) is 0.509. The van der Waals surface area contributed by atoms with Gasteiger partial charge < -0.3 is 10.1 Å². The first kappa shape index (κ1) is 14.0. The maximum Gasteiger partial charge on any atom is 0.305 e. The summed E-state index contributed by atoms with van der Waals surface area (Å²) < 4.78 is 4.47. The third-order valence-electron chi connectivity index (χ3n) is 1.29. The van der Waals surface area contributed by atoms with Crippen molar-refractivity contribution < 1.29 is 9.53 Å². The minimum Gasteiger partial charge on any atom is -0.469 e. The second kappa shape index (κ2) is 13.1. The molecule has 3 nitrogen and oxygen atoms in total. The normalized spacial score (nSPS) is 8.33. The third-order valence-corrected chi connectivity index (χ3v) is 1.29. The molecule has 3 heteroatoms. The van der Waals surface area contributed by atoms with Gasteiger partial charge in [0.1, 0.15) is 0 Å². The summed E-state index contributed by atoms with van der Waals surface area (Å²) in [4.78, 5) is 10.5. The van der Waals surface area contributed by atoms with E-state index in [4.69, 9.17) is 0 Å². The average Bonchev–Trinajstić information content (AvgIpc) is 2.15. The summed E-state index contributed by atoms with van der Waals surface area (Å²) in [5, 5.41) is 3.01. The van der Waals surface area contributed by atoms with E-state index in [1.165, 1.54) is 7.11 Å². The summed E-state index contributed by atoms with van der Waals surface area (Å²) in [6, 6.07) is 0. The van der Waals surface area contributed by atoms with Crippen LogP contribution < -0.4 is 5.32 Å². The van der Waals surface area contributed by atoms with Crippen LogP contribution in [0.5, 0.6) is 0 Å². The minimum atomic E-state index is -0.115. The Morgan fingerprint density at radius 3 is 2.33 bits per heavy atom. The monoisotopic (exact) mass is 175 g/mol. The van der Waals surface area contributed by atoms with Crippen LogP contribution >= 0.6 is 0 Å². The van der Waals surface area contributed by atoms with Crippen LogP contribution in [0, 0.1) is 0 Å². The van der Waals surface area contributed by atoms with Crippen molar-refractivity contribution in [1.29, 1.82) is 0 Å². The van der Waals surface area contributed by atoms with E-state index < -0.39 is 0 Å². The molecule has 0 atom stereocenters. The zero-order valence-electron chi connectivity index (χ0n) is 8.64. The molecule has 0 saturated carbocycles. The fraction of sp³-hybridized carbons (Fsp3) is 0.889. The third kappa shape index (κ3) is 12.1. The minimum absolute atomic E-state index is 0.115. The van der Waals surface area contributed by atoms with Crippen molar-refractivity contribution in [3.63, 3.8) is 0 Å². The molecule has 0 amide bonds. The molecule has 0 aromatic rings. The van der Waals surface area contributed by atoms with Crippen molar-refractivity contribution in [2.45, 2.75) is 33.1 Å². The van der Waals surface area contributed by atoms with Crippen LogP contribution in [0.15, 0.2) is 0 Å². The average molecular weight is 175 g/mol. The van der Waals surface area contributed by atoms with E-state index in [0.29, 0.717) is 6.42 Å². The second-order valence-electron chi connectivity index (χ2n) is 2.14.